The lowest BCUT2D eigenvalue weighted by atomic mass is 10.1. The maximum absolute atomic E-state index is 12.4. The van der Waals surface area contributed by atoms with Crippen molar-refractivity contribution < 1.29 is 4.79 Å². The van der Waals surface area contributed by atoms with Crippen LogP contribution >= 0.6 is 23.2 Å². The lowest BCUT2D eigenvalue weighted by Crippen LogP contribution is -2.28. The van der Waals surface area contributed by atoms with E-state index in [2.05, 4.69) is 19.9 Å². The molecule has 1 atom stereocenters. The Bertz CT molecular complexity index is 719. The molecule has 1 unspecified atom stereocenters. The molecule has 0 N–H and O–H groups in total. The predicted octanol–water partition coefficient (Wildman–Crippen LogP) is 2.53. The number of anilines is 1. The summed E-state index contributed by atoms with van der Waals surface area (Å²) < 4.78 is 0. The second kappa shape index (κ2) is 5.20. The molecule has 2 aromatic heterocycles. The van der Waals surface area contributed by atoms with E-state index in [0.717, 1.165) is 5.69 Å². The second-order valence-electron chi connectivity index (χ2n) is 4.82. The maximum Gasteiger partial charge on any atom is 0.236 e. The van der Waals surface area contributed by atoms with E-state index in [1.807, 2.05) is 6.92 Å². The van der Waals surface area contributed by atoms with Gasteiger partial charge in [-0.05, 0) is 25.4 Å². The van der Waals surface area contributed by atoms with Crippen molar-refractivity contribution in [1.82, 2.24) is 19.9 Å². The van der Waals surface area contributed by atoms with Crippen molar-refractivity contribution in [3.8, 4) is 0 Å². The van der Waals surface area contributed by atoms with Crippen molar-refractivity contribution in [2.45, 2.75) is 26.3 Å². The van der Waals surface area contributed by atoms with E-state index in [0.29, 0.717) is 17.1 Å². The van der Waals surface area contributed by atoms with Gasteiger partial charge in [0.15, 0.2) is 0 Å². The fourth-order valence-electron chi connectivity index (χ4n) is 2.26. The van der Waals surface area contributed by atoms with Crippen LogP contribution in [0.25, 0.3) is 0 Å². The zero-order chi connectivity index (χ0) is 15.1. The van der Waals surface area contributed by atoms with Crippen molar-refractivity contribution in [2.24, 2.45) is 0 Å². The average Bonchev–Trinajstić information content (AvgIpc) is 2.66. The molecule has 3 rings (SSSR count). The molecular weight excluding hydrogens is 313 g/mol. The lowest BCUT2D eigenvalue weighted by Gasteiger charge is -2.16. The lowest BCUT2D eigenvalue weighted by molar-refractivity contribution is -0.119. The van der Waals surface area contributed by atoms with Gasteiger partial charge in [0.25, 0.3) is 0 Å². The summed E-state index contributed by atoms with van der Waals surface area (Å²) in [6.07, 6.45) is 3.29. The molecule has 8 heteroatoms. The number of carbonyl (C=O) groups excluding carboxylic acids is 1. The highest BCUT2D eigenvalue weighted by Crippen LogP contribution is 2.40. The predicted molar refractivity (Wildman–Crippen MR) is 78.4 cm³/mol. The van der Waals surface area contributed by atoms with Crippen LogP contribution in [-0.4, -0.2) is 25.8 Å². The largest absolute Gasteiger partial charge is 0.290 e. The van der Waals surface area contributed by atoms with Crippen molar-refractivity contribution in [3.63, 3.8) is 0 Å². The number of rotatable bonds is 2. The molecule has 0 spiro atoms. The van der Waals surface area contributed by atoms with E-state index in [4.69, 9.17) is 23.2 Å². The summed E-state index contributed by atoms with van der Waals surface area (Å²) in [5.74, 6) is -0.0612. The zero-order valence-corrected chi connectivity index (χ0v) is 12.9. The number of hydrogen-bond acceptors (Lipinski definition) is 5. The first-order chi connectivity index (χ1) is 9.97. The molecule has 1 amide bonds. The van der Waals surface area contributed by atoms with Crippen LogP contribution in [0.3, 0.4) is 0 Å². The summed E-state index contributed by atoms with van der Waals surface area (Å²) in [6, 6.07) is 0. The monoisotopic (exact) mass is 323 g/mol. The summed E-state index contributed by atoms with van der Waals surface area (Å²) in [5.41, 5.74) is 2.08. The van der Waals surface area contributed by atoms with E-state index in [-0.39, 0.29) is 22.9 Å². The van der Waals surface area contributed by atoms with Gasteiger partial charge in [-0.15, -0.1) is 0 Å². The first kappa shape index (κ1) is 14.2. The third kappa shape index (κ3) is 2.45. The molecule has 0 saturated heterocycles. The van der Waals surface area contributed by atoms with Gasteiger partial charge in [0.1, 0.15) is 11.0 Å². The number of aromatic nitrogens is 4. The molecule has 6 nitrogen and oxygen atoms in total. The van der Waals surface area contributed by atoms with Crippen LogP contribution in [0.15, 0.2) is 12.4 Å². The minimum absolute atomic E-state index is 0.0145. The number of fused-ring (bicyclic) bond motifs is 1. The molecule has 0 bridgehead atoms. The van der Waals surface area contributed by atoms with Gasteiger partial charge >= 0.3 is 0 Å². The van der Waals surface area contributed by atoms with Crippen LogP contribution in [0.1, 0.15) is 29.8 Å². The smallest absolute Gasteiger partial charge is 0.236 e. The van der Waals surface area contributed by atoms with E-state index in [1.54, 1.807) is 19.3 Å². The zero-order valence-electron chi connectivity index (χ0n) is 11.3. The Hall–Kier alpha value is -1.79. The van der Waals surface area contributed by atoms with Gasteiger partial charge in [0.05, 0.1) is 30.0 Å². The quantitative estimate of drug-likeness (QED) is 0.627. The van der Waals surface area contributed by atoms with Gasteiger partial charge in [-0.1, -0.05) is 11.6 Å². The molecule has 2 aromatic rings. The Morgan fingerprint density at radius 1 is 1.24 bits per heavy atom. The summed E-state index contributed by atoms with van der Waals surface area (Å²) in [5, 5.41) is 0.226. The molecule has 1 aliphatic rings. The molecule has 108 valence electrons. The van der Waals surface area contributed by atoms with Crippen LogP contribution in [0.4, 0.5) is 5.82 Å². The molecule has 0 saturated carbocycles. The molecule has 0 fully saturated rings. The minimum atomic E-state index is -0.400. The number of aryl methyl sites for hydroxylation is 1. The Morgan fingerprint density at radius 2 is 2.00 bits per heavy atom. The second-order valence-corrected chi connectivity index (χ2v) is 5.51. The molecule has 0 aliphatic carbocycles. The summed E-state index contributed by atoms with van der Waals surface area (Å²) in [7, 11) is 0. The molecule has 0 aromatic carbocycles. The van der Waals surface area contributed by atoms with E-state index in [1.165, 1.54) is 4.90 Å². The molecule has 1 aliphatic heterocycles. The van der Waals surface area contributed by atoms with E-state index >= 15 is 0 Å². The number of hydrogen-bond donors (Lipinski definition) is 0. The number of nitrogens with zero attached hydrogens (tertiary/aromatic N) is 5. The minimum Gasteiger partial charge on any atom is -0.290 e. The highest BCUT2D eigenvalue weighted by molar-refractivity contribution is 6.33. The Labute approximate surface area is 131 Å². The van der Waals surface area contributed by atoms with Gasteiger partial charge in [-0.25, -0.2) is 4.98 Å². The van der Waals surface area contributed by atoms with Gasteiger partial charge < -0.3 is 0 Å². The summed E-state index contributed by atoms with van der Waals surface area (Å²) in [4.78, 5) is 30.4. The standard InChI is InChI=1S/C13H11Cl2N5O/c1-6-3-17-8(4-16-6)5-20-11-9(7(2)12(20)21)10(14)18-13(15)19-11/h3-4,7H,5H2,1-2H3. The Kier molecular flexibility index (Phi) is 3.51. The van der Waals surface area contributed by atoms with Crippen LogP contribution < -0.4 is 4.90 Å². The third-order valence-corrected chi connectivity index (χ3v) is 3.79. The number of carbonyl (C=O) groups is 1. The summed E-state index contributed by atoms with van der Waals surface area (Å²) in [6.45, 7) is 3.89. The van der Waals surface area contributed by atoms with Crippen LogP contribution in [0, 0.1) is 6.92 Å². The normalized spacial score (nSPS) is 17.2. The SMILES string of the molecule is Cc1cnc(CN2C(=O)C(C)c3c(Cl)nc(Cl)nc32)cn1. The Balaban J connectivity index is 2.01. The number of amides is 1. The molecule has 21 heavy (non-hydrogen) atoms. The topological polar surface area (TPSA) is 71.9 Å². The van der Waals surface area contributed by atoms with E-state index < -0.39 is 5.92 Å². The molecule has 3 heterocycles. The number of halogens is 2. The van der Waals surface area contributed by atoms with E-state index in [9.17, 15) is 4.79 Å². The van der Waals surface area contributed by atoms with Gasteiger partial charge in [0.2, 0.25) is 11.2 Å². The van der Waals surface area contributed by atoms with Crippen LogP contribution in [0.5, 0.6) is 0 Å². The van der Waals surface area contributed by atoms with Crippen LogP contribution in [0.2, 0.25) is 10.4 Å². The molecular formula is C13H11Cl2N5O. The average molecular weight is 324 g/mol. The first-order valence-corrected chi connectivity index (χ1v) is 7.05. The highest BCUT2D eigenvalue weighted by Gasteiger charge is 2.38. The van der Waals surface area contributed by atoms with Gasteiger partial charge in [-0.2, -0.15) is 4.98 Å². The Morgan fingerprint density at radius 3 is 2.67 bits per heavy atom. The highest BCUT2D eigenvalue weighted by atomic mass is 35.5. The summed E-state index contributed by atoms with van der Waals surface area (Å²) >= 11 is 11.9. The maximum atomic E-state index is 12.4. The van der Waals surface area contributed by atoms with Gasteiger partial charge in [0, 0.05) is 11.8 Å². The van der Waals surface area contributed by atoms with Gasteiger partial charge in [-0.3, -0.25) is 19.7 Å². The first-order valence-electron chi connectivity index (χ1n) is 6.29. The fourth-order valence-corrected chi connectivity index (χ4v) is 2.80. The van der Waals surface area contributed by atoms with Crippen molar-refractivity contribution in [2.75, 3.05) is 4.90 Å². The fraction of sp³-hybridized carbons (Fsp3) is 0.308. The van der Waals surface area contributed by atoms with Crippen LogP contribution in [-0.2, 0) is 11.3 Å². The third-order valence-electron chi connectivity index (χ3n) is 3.33. The van der Waals surface area contributed by atoms with Crippen molar-refractivity contribution >= 4 is 34.9 Å². The van der Waals surface area contributed by atoms with Crippen molar-refractivity contribution in [3.05, 3.63) is 39.8 Å². The molecule has 0 radical (unpaired) electrons. The van der Waals surface area contributed by atoms with Crippen molar-refractivity contribution in [1.29, 1.82) is 0 Å².